The summed E-state index contributed by atoms with van der Waals surface area (Å²) in [5, 5.41) is 3.73. The summed E-state index contributed by atoms with van der Waals surface area (Å²) in [6.45, 7) is 0.717. The van der Waals surface area contributed by atoms with Crippen LogP contribution in [0, 0.1) is 11.6 Å². The van der Waals surface area contributed by atoms with Gasteiger partial charge in [0.15, 0.2) is 17.5 Å². The summed E-state index contributed by atoms with van der Waals surface area (Å²) in [5.74, 6) is -3.27. The number of carbonyl (C=O) groups excluding carboxylic acids is 2. The molecule has 206 valence electrons. The number of anilines is 2. The van der Waals surface area contributed by atoms with Gasteiger partial charge < -0.3 is 14.5 Å². The van der Waals surface area contributed by atoms with Gasteiger partial charge in [-0.05, 0) is 37.8 Å². The summed E-state index contributed by atoms with van der Waals surface area (Å²) in [7, 11) is 1.13. The summed E-state index contributed by atoms with van der Waals surface area (Å²) in [6.07, 6.45) is -0.729. The van der Waals surface area contributed by atoms with Crippen LogP contribution in [-0.4, -0.2) is 57.4 Å². The van der Waals surface area contributed by atoms with Gasteiger partial charge in [-0.3, -0.25) is 4.79 Å². The molecule has 2 fully saturated rings. The number of piperidine rings is 2. The number of hydrogen-bond donors (Lipinski definition) is 0. The van der Waals surface area contributed by atoms with Crippen molar-refractivity contribution in [2.75, 3.05) is 30.0 Å². The maximum absolute atomic E-state index is 14.0. The zero-order chi connectivity index (χ0) is 27.9. The van der Waals surface area contributed by atoms with Crippen LogP contribution in [0.3, 0.4) is 0 Å². The molecule has 5 rings (SSSR count). The Morgan fingerprint density at radius 1 is 1.03 bits per heavy atom. The molecule has 9 nitrogen and oxygen atoms in total. The van der Waals surface area contributed by atoms with Gasteiger partial charge in [0, 0.05) is 43.5 Å². The van der Waals surface area contributed by atoms with E-state index in [4.69, 9.17) is 4.74 Å². The lowest BCUT2D eigenvalue weighted by Crippen LogP contribution is -2.60. The number of rotatable bonds is 4. The molecule has 2 aliphatic heterocycles. The third kappa shape index (κ3) is 5.02. The van der Waals surface area contributed by atoms with Crippen LogP contribution in [0.25, 0.3) is 5.82 Å². The van der Waals surface area contributed by atoms with Crippen molar-refractivity contribution >= 4 is 23.4 Å². The van der Waals surface area contributed by atoms with Gasteiger partial charge in [-0.25, -0.2) is 28.2 Å². The lowest BCUT2D eigenvalue weighted by atomic mass is 9.78. The van der Waals surface area contributed by atoms with Gasteiger partial charge in [-0.15, -0.1) is 0 Å². The summed E-state index contributed by atoms with van der Waals surface area (Å²) in [6, 6.07) is 4.81. The summed E-state index contributed by atoms with van der Waals surface area (Å²) < 4.78 is 72.6. The van der Waals surface area contributed by atoms with E-state index < -0.39 is 34.9 Å². The maximum Gasteiger partial charge on any atom is 0.419 e. The molecule has 0 N–H and O–H groups in total. The Hall–Kier alpha value is -4.10. The highest BCUT2D eigenvalue weighted by atomic mass is 19.4. The van der Waals surface area contributed by atoms with Gasteiger partial charge in [0.2, 0.25) is 11.7 Å². The van der Waals surface area contributed by atoms with Gasteiger partial charge in [-0.1, -0.05) is 0 Å². The number of hydrogen-bond acceptors (Lipinski definition) is 7. The Labute approximate surface area is 219 Å². The minimum absolute atomic E-state index is 0.0626. The molecule has 0 atom stereocenters. The van der Waals surface area contributed by atoms with Crippen molar-refractivity contribution in [1.29, 1.82) is 0 Å². The van der Waals surface area contributed by atoms with E-state index in [1.807, 2.05) is 4.90 Å². The van der Waals surface area contributed by atoms with Gasteiger partial charge in [0.25, 0.3) is 0 Å². The summed E-state index contributed by atoms with van der Waals surface area (Å²) in [4.78, 5) is 36.9. The molecule has 14 heteroatoms. The number of halogens is 5. The first-order chi connectivity index (χ1) is 18.5. The molecule has 2 aromatic heterocycles. The number of alkyl halides is 3. The molecule has 4 heterocycles. The van der Waals surface area contributed by atoms with E-state index in [2.05, 4.69) is 15.1 Å². The fraction of sp³-hybridized carbons (Fsp3) is 0.400. The van der Waals surface area contributed by atoms with Crippen LogP contribution in [0.1, 0.15) is 48.3 Å². The first kappa shape index (κ1) is 26.5. The van der Waals surface area contributed by atoms with Gasteiger partial charge in [0.1, 0.15) is 5.82 Å². The molecule has 0 bridgehead atoms. The molecule has 1 spiro atoms. The van der Waals surface area contributed by atoms with Crippen molar-refractivity contribution in [1.82, 2.24) is 19.7 Å². The van der Waals surface area contributed by atoms with E-state index >= 15 is 0 Å². The van der Waals surface area contributed by atoms with Crippen LogP contribution in [0.15, 0.2) is 36.7 Å². The highest BCUT2D eigenvalue weighted by molar-refractivity contribution is 5.95. The van der Waals surface area contributed by atoms with Crippen LogP contribution < -0.4 is 9.80 Å². The standard InChI is InChI=1S/C25H23F5N6O3/c1-39-23(38)22-32-19(12-20(33-22)35-14-15(13-31-35)25(28,29)30)34-9-7-24(8-10-34)6-2-3-21(37)36(24)16-4-5-17(26)18(27)11-16/h4-5,11-14H,2-3,6-10H2,1H3. The first-order valence-corrected chi connectivity index (χ1v) is 12.1. The van der Waals surface area contributed by atoms with E-state index in [1.165, 1.54) is 12.1 Å². The average molecular weight is 550 g/mol. The minimum atomic E-state index is -4.61. The largest absolute Gasteiger partial charge is 0.463 e. The number of benzene rings is 1. The van der Waals surface area contributed by atoms with Crippen molar-refractivity contribution in [2.24, 2.45) is 0 Å². The minimum Gasteiger partial charge on any atom is -0.463 e. The molecule has 0 radical (unpaired) electrons. The average Bonchev–Trinajstić information content (AvgIpc) is 3.42. The van der Waals surface area contributed by atoms with Crippen LogP contribution in [0.4, 0.5) is 33.5 Å². The lowest BCUT2D eigenvalue weighted by Gasteiger charge is -2.51. The Kier molecular flexibility index (Phi) is 6.72. The van der Waals surface area contributed by atoms with Crippen LogP contribution in [-0.2, 0) is 15.7 Å². The lowest BCUT2D eigenvalue weighted by molar-refractivity contribution is -0.137. The van der Waals surface area contributed by atoms with E-state index in [0.29, 0.717) is 45.0 Å². The monoisotopic (exact) mass is 550 g/mol. The second-order valence-electron chi connectivity index (χ2n) is 9.46. The van der Waals surface area contributed by atoms with Crippen molar-refractivity contribution in [3.05, 3.63) is 59.7 Å². The third-order valence-electron chi connectivity index (χ3n) is 7.15. The molecule has 39 heavy (non-hydrogen) atoms. The number of esters is 1. The van der Waals surface area contributed by atoms with Crippen LogP contribution in [0.2, 0.25) is 0 Å². The predicted octanol–water partition coefficient (Wildman–Crippen LogP) is 4.30. The molecule has 0 saturated carbocycles. The van der Waals surface area contributed by atoms with Crippen LogP contribution >= 0.6 is 0 Å². The van der Waals surface area contributed by atoms with Gasteiger partial charge >= 0.3 is 12.1 Å². The Bertz CT molecular complexity index is 1420. The van der Waals surface area contributed by atoms with Gasteiger partial charge in [-0.2, -0.15) is 18.3 Å². The quantitative estimate of drug-likeness (QED) is 0.353. The molecular formula is C25H23F5N6O3. The fourth-order valence-electron chi connectivity index (χ4n) is 5.20. The van der Waals surface area contributed by atoms with E-state index in [0.717, 1.165) is 30.1 Å². The summed E-state index contributed by atoms with van der Waals surface area (Å²) in [5.41, 5.74) is -1.34. The zero-order valence-electron chi connectivity index (χ0n) is 20.7. The SMILES string of the molecule is COC(=O)c1nc(N2CCC3(CCCC(=O)N3c3ccc(F)c(F)c3)CC2)cc(-n2cc(C(F)(F)F)cn2)n1. The Morgan fingerprint density at radius 3 is 2.38 bits per heavy atom. The predicted molar refractivity (Wildman–Crippen MR) is 127 cm³/mol. The Balaban J connectivity index is 1.44. The molecule has 2 saturated heterocycles. The highest BCUT2D eigenvalue weighted by Crippen LogP contribution is 2.42. The van der Waals surface area contributed by atoms with Crippen molar-refractivity contribution in [2.45, 2.75) is 43.8 Å². The normalized spacial score (nSPS) is 17.5. The number of amides is 1. The molecule has 0 unspecified atom stereocenters. The second-order valence-corrected chi connectivity index (χ2v) is 9.46. The van der Waals surface area contributed by atoms with E-state index in [1.54, 1.807) is 4.90 Å². The molecule has 3 aromatic rings. The maximum atomic E-state index is 14.0. The van der Waals surface area contributed by atoms with Crippen LogP contribution in [0.5, 0.6) is 0 Å². The number of nitrogens with zero attached hydrogens (tertiary/aromatic N) is 6. The van der Waals surface area contributed by atoms with Crippen molar-refractivity contribution in [3.8, 4) is 5.82 Å². The molecular weight excluding hydrogens is 527 g/mol. The Morgan fingerprint density at radius 2 is 1.74 bits per heavy atom. The third-order valence-corrected chi connectivity index (χ3v) is 7.15. The summed E-state index contributed by atoms with van der Waals surface area (Å²) >= 11 is 0. The molecule has 0 aliphatic carbocycles. The highest BCUT2D eigenvalue weighted by Gasteiger charge is 2.45. The van der Waals surface area contributed by atoms with Crippen molar-refractivity contribution in [3.63, 3.8) is 0 Å². The van der Waals surface area contributed by atoms with Crippen molar-refractivity contribution < 1.29 is 36.3 Å². The number of aromatic nitrogens is 4. The fourth-order valence-corrected chi connectivity index (χ4v) is 5.20. The van der Waals surface area contributed by atoms with E-state index in [9.17, 15) is 31.5 Å². The second kappa shape index (κ2) is 9.89. The smallest absolute Gasteiger partial charge is 0.419 e. The number of methoxy groups -OCH3 is 1. The molecule has 1 amide bonds. The molecule has 2 aliphatic rings. The topological polar surface area (TPSA) is 93.5 Å². The molecule has 1 aromatic carbocycles. The van der Waals surface area contributed by atoms with Gasteiger partial charge in [0.05, 0.1) is 24.4 Å². The number of carbonyl (C=O) groups is 2. The number of ether oxygens (including phenoxy) is 1. The first-order valence-electron chi connectivity index (χ1n) is 12.1. The zero-order valence-corrected chi connectivity index (χ0v) is 20.7. The van der Waals surface area contributed by atoms with E-state index in [-0.39, 0.29) is 35.5 Å².